The highest BCUT2D eigenvalue weighted by molar-refractivity contribution is 6.05. The normalized spacial score (nSPS) is 15.8. The maximum Gasteiger partial charge on any atom is 0.490 e. The zero-order valence-corrected chi connectivity index (χ0v) is 31.3. The fourth-order valence-corrected chi connectivity index (χ4v) is 6.55. The third-order valence-electron chi connectivity index (χ3n) is 9.33. The quantitative estimate of drug-likeness (QED) is 0.128. The van der Waals surface area contributed by atoms with Gasteiger partial charge in [0.1, 0.15) is 5.69 Å². The molecule has 6 rings (SSSR count). The van der Waals surface area contributed by atoms with E-state index in [-0.39, 0.29) is 29.8 Å². The summed E-state index contributed by atoms with van der Waals surface area (Å²) in [5, 5.41) is 15.8. The molecule has 0 unspecified atom stereocenters. The molecular weight excluding hydrogens is 772 g/mol. The molecule has 4 N–H and O–H groups in total. The Bertz CT molecular complexity index is 2110. The van der Waals surface area contributed by atoms with Gasteiger partial charge in [-0.2, -0.15) is 26.3 Å². The molecule has 0 radical (unpaired) electrons. The number of nitrogens with zero attached hydrogens (tertiary/aromatic N) is 4. The van der Waals surface area contributed by atoms with E-state index >= 15 is 0 Å². The SMILES string of the molecule is CC(=O)N[C@@H]1CCN(Cc2cccc(C(=O)Nc3ccc(N4CCCCC4)cc3-c3cc(C(=O)NCc4cccc(C(F)(F)F)c4)ccn3)n2)C1.O=C(O)C(F)(F)F. The number of carbonyl (C=O) groups is 4. The van der Waals surface area contributed by atoms with Crippen LogP contribution in [0, 0.1) is 0 Å². The van der Waals surface area contributed by atoms with Crippen molar-refractivity contribution in [3.63, 3.8) is 0 Å². The smallest absolute Gasteiger partial charge is 0.475 e. The number of amides is 3. The summed E-state index contributed by atoms with van der Waals surface area (Å²) in [4.78, 5) is 60.8. The fraction of sp³-hybridized carbons (Fsp3) is 0.350. The predicted molar refractivity (Wildman–Crippen MR) is 202 cm³/mol. The van der Waals surface area contributed by atoms with Crippen LogP contribution in [0.2, 0.25) is 0 Å². The number of nitrogens with one attached hydrogen (secondary N) is 3. The van der Waals surface area contributed by atoms with Crippen molar-refractivity contribution in [1.82, 2.24) is 25.5 Å². The lowest BCUT2D eigenvalue weighted by molar-refractivity contribution is -0.192. The van der Waals surface area contributed by atoms with Gasteiger partial charge in [-0.1, -0.05) is 18.2 Å². The van der Waals surface area contributed by atoms with Crippen molar-refractivity contribution in [3.8, 4) is 11.3 Å². The standard InChI is InChI=1S/C38H40F3N7O3.C2HF3O2/c1-25(49)44-30-14-18-47(24-30)23-29-9-6-10-34(45-29)37(51)46-33-12-11-31(48-16-3-2-4-17-48)21-32(33)35-20-27(13-15-42-35)36(50)43-22-26-7-5-8-28(19-26)38(39,40)41;3-2(4,5)1(6)7/h5-13,15,19-21,30H,2-4,14,16-18,22-24H2,1H3,(H,43,50)(H,44,49)(H,46,51);(H,6,7)/t30-;/m1./s1. The summed E-state index contributed by atoms with van der Waals surface area (Å²) < 4.78 is 71.3. The van der Waals surface area contributed by atoms with Gasteiger partial charge in [-0.25, -0.2) is 9.78 Å². The number of carboxylic acids is 1. The Labute approximate surface area is 329 Å². The lowest BCUT2D eigenvalue weighted by Crippen LogP contribution is -2.35. The van der Waals surface area contributed by atoms with Crippen LogP contribution < -0.4 is 20.9 Å². The van der Waals surface area contributed by atoms with E-state index in [1.807, 2.05) is 24.3 Å². The molecule has 2 aliphatic rings. The molecule has 308 valence electrons. The second-order valence-electron chi connectivity index (χ2n) is 13.8. The van der Waals surface area contributed by atoms with Gasteiger partial charge >= 0.3 is 18.3 Å². The first-order valence-corrected chi connectivity index (χ1v) is 18.3. The van der Waals surface area contributed by atoms with E-state index in [0.717, 1.165) is 68.8 Å². The van der Waals surface area contributed by atoms with Crippen LogP contribution >= 0.6 is 0 Å². The number of carboxylic acid groups (broad SMARTS) is 1. The number of likely N-dealkylation sites (tertiary alicyclic amines) is 1. The van der Waals surface area contributed by atoms with Crippen LogP contribution in [-0.4, -0.2) is 82.1 Å². The molecule has 3 amide bonds. The molecule has 18 heteroatoms. The summed E-state index contributed by atoms with van der Waals surface area (Å²) in [5.41, 5.74) is 3.28. The third-order valence-corrected chi connectivity index (χ3v) is 9.33. The highest BCUT2D eigenvalue weighted by Gasteiger charge is 2.38. The number of carbonyl (C=O) groups excluding carboxylic acids is 3. The number of aliphatic carboxylic acids is 1. The van der Waals surface area contributed by atoms with Crippen LogP contribution in [0.4, 0.5) is 37.7 Å². The molecule has 58 heavy (non-hydrogen) atoms. The van der Waals surface area contributed by atoms with E-state index in [2.05, 4.69) is 35.7 Å². The monoisotopic (exact) mass is 813 g/mol. The minimum atomic E-state index is -5.08. The number of hydrogen-bond donors (Lipinski definition) is 4. The Morgan fingerprint density at radius 1 is 0.862 bits per heavy atom. The van der Waals surface area contributed by atoms with E-state index in [9.17, 15) is 40.7 Å². The van der Waals surface area contributed by atoms with Crippen LogP contribution in [0.3, 0.4) is 0 Å². The first-order valence-electron chi connectivity index (χ1n) is 18.3. The number of rotatable bonds is 10. The Balaban J connectivity index is 0.000000839. The Morgan fingerprint density at radius 3 is 2.28 bits per heavy atom. The molecule has 4 aromatic rings. The Kier molecular flexibility index (Phi) is 14.1. The predicted octanol–water partition coefficient (Wildman–Crippen LogP) is 6.68. The summed E-state index contributed by atoms with van der Waals surface area (Å²) in [6, 6.07) is 19.1. The van der Waals surface area contributed by atoms with Crippen molar-refractivity contribution >= 4 is 35.1 Å². The van der Waals surface area contributed by atoms with Crippen molar-refractivity contribution in [2.24, 2.45) is 0 Å². The summed E-state index contributed by atoms with van der Waals surface area (Å²) in [6.07, 6.45) is -3.92. The summed E-state index contributed by atoms with van der Waals surface area (Å²) in [5.74, 6) is -3.69. The lowest BCUT2D eigenvalue weighted by Gasteiger charge is -2.29. The van der Waals surface area contributed by atoms with E-state index in [1.54, 1.807) is 18.2 Å². The highest BCUT2D eigenvalue weighted by Crippen LogP contribution is 2.33. The van der Waals surface area contributed by atoms with Gasteiger partial charge in [0.05, 0.1) is 22.6 Å². The van der Waals surface area contributed by atoms with Gasteiger partial charge in [-0.05, 0) is 85.8 Å². The third kappa shape index (κ3) is 12.2. The lowest BCUT2D eigenvalue weighted by atomic mass is 10.0. The van der Waals surface area contributed by atoms with Crippen molar-refractivity contribution in [3.05, 3.63) is 107 Å². The number of benzene rings is 2. The topological polar surface area (TPSA) is 157 Å². The molecule has 12 nitrogen and oxygen atoms in total. The van der Waals surface area contributed by atoms with E-state index in [4.69, 9.17) is 9.90 Å². The molecule has 0 saturated carbocycles. The number of alkyl halides is 6. The Morgan fingerprint density at radius 2 is 1.59 bits per heavy atom. The summed E-state index contributed by atoms with van der Waals surface area (Å²) in [6.45, 7) is 5.28. The van der Waals surface area contributed by atoms with Crippen LogP contribution in [-0.2, 0) is 28.9 Å². The molecule has 1 atom stereocenters. The number of hydrogen-bond acceptors (Lipinski definition) is 8. The van der Waals surface area contributed by atoms with E-state index in [0.29, 0.717) is 35.6 Å². The van der Waals surface area contributed by atoms with Gasteiger partial charge in [0, 0.05) is 75.2 Å². The van der Waals surface area contributed by atoms with Gasteiger partial charge in [0.25, 0.3) is 11.8 Å². The number of aromatic nitrogens is 2. The molecule has 0 bridgehead atoms. The van der Waals surface area contributed by atoms with Gasteiger partial charge in [0.2, 0.25) is 5.91 Å². The molecular formula is C40H41F6N7O5. The molecule has 2 aromatic carbocycles. The maximum absolute atomic E-state index is 13.6. The van der Waals surface area contributed by atoms with E-state index < -0.39 is 35.7 Å². The number of halogens is 6. The molecule has 4 heterocycles. The molecule has 2 fully saturated rings. The largest absolute Gasteiger partial charge is 0.490 e. The number of piperidine rings is 1. The first kappa shape index (κ1) is 43.1. The van der Waals surface area contributed by atoms with Gasteiger partial charge < -0.3 is 26.0 Å². The van der Waals surface area contributed by atoms with Crippen molar-refractivity contribution < 1.29 is 50.6 Å². The van der Waals surface area contributed by atoms with Gasteiger partial charge in [0.15, 0.2) is 0 Å². The van der Waals surface area contributed by atoms with Crippen LogP contribution in [0.25, 0.3) is 11.3 Å². The summed E-state index contributed by atoms with van der Waals surface area (Å²) in [7, 11) is 0. The van der Waals surface area contributed by atoms with E-state index in [1.165, 1.54) is 31.3 Å². The minimum Gasteiger partial charge on any atom is -0.475 e. The van der Waals surface area contributed by atoms with Crippen molar-refractivity contribution in [2.75, 3.05) is 36.4 Å². The summed E-state index contributed by atoms with van der Waals surface area (Å²) >= 11 is 0. The van der Waals surface area contributed by atoms with Crippen molar-refractivity contribution in [1.29, 1.82) is 0 Å². The average Bonchev–Trinajstić information content (AvgIpc) is 3.62. The second kappa shape index (κ2) is 18.9. The zero-order chi connectivity index (χ0) is 42.0. The molecule has 2 aliphatic heterocycles. The Hall–Kier alpha value is -6.04. The van der Waals surface area contributed by atoms with Crippen LogP contribution in [0.1, 0.15) is 70.3 Å². The van der Waals surface area contributed by atoms with Crippen molar-refractivity contribution in [2.45, 2.75) is 64.1 Å². The number of pyridine rings is 2. The number of anilines is 2. The molecule has 2 aromatic heterocycles. The fourth-order valence-electron chi connectivity index (χ4n) is 6.55. The van der Waals surface area contributed by atoms with Crippen LogP contribution in [0.15, 0.2) is 79.0 Å². The second-order valence-corrected chi connectivity index (χ2v) is 13.8. The average molecular weight is 814 g/mol. The van der Waals surface area contributed by atoms with Crippen LogP contribution in [0.5, 0.6) is 0 Å². The molecule has 0 aliphatic carbocycles. The maximum atomic E-state index is 13.6. The zero-order valence-electron chi connectivity index (χ0n) is 31.3. The van der Waals surface area contributed by atoms with Gasteiger partial charge in [-0.3, -0.25) is 24.3 Å². The molecule has 0 spiro atoms. The minimum absolute atomic E-state index is 0.0544. The molecule has 2 saturated heterocycles. The first-order chi connectivity index (χ1) is 27.5. The van der Waals surface area contributed by atoms with Gasteiger partial charge in [-0.15, -0.1) is 0 Å². The highest BCUT2D eigenvalue weighted by atomic mass is 19.4.